The molecular weight excluding hydrogens is 450 g/mol. The zero-order valence-electron chi connectivity index (χ0n) is 19.2. The molecule has 10 heteroatoms. The van der Waals surface area contributed by atoms with Gasteiger partial charge in [-0.2, -0.15) is 10.4 Å². The fraction of sp³-hybridized carbons (Fsp3) is 0.200. The molecule has 0 aromatic heterocycles. The van der Waals surface area contributed by atoms with E-state index in [2.05, 4.69) is 5.10 Å². The number of rotatable bonds is 5. The summed E-state index contributed by atoms with van der Waals surface area (Å²) in [5.41, 5.74) is -2.04. The fourth-order valence-electron chi connectivity index (χ4n) is 4.46. The third-order valence-corrected chi connectivity index (χ3v) is 5.98. The Bertz CT molecular complexity index is 1330. The molecule has 0 spiro atoms. The van der Waals surface area contributed by atoms with Crippen LogP contribution in [0.3, 0.4) is 0 Å². The molecular formula is C25H21N5O5. The van der Waals surface area contributed by atoms with Gasteiger partial charge in [-0.05, 0) is 31.2 Å². The molecule has 0 fully saturated rings. The maximum atomic E-state index is 13.7. The van der Waals surface area contributed by atoms with Crippen LogP contribution >= 0.6 is 0 Å². The van der Waals surface area contributed by atoms with E-state index in [1.54, 1.807) is 60.7 Å². The molecule has 10 nitrogen and oxygen atoms in total. The van der Waals surface area contributed by atoms with Gasteiger partial charge in [-0.3, -0.25) is 15.1 Å². The molecule has 0 aliphatic carbocycles. The van der Waals surface area contributed by atoms with Crippen LogP contribution in [-0.2, 0) is 23.9 Å². The monoisotopic (exact) mass is 471 g/mol. The Kier molecular flexibility index (Phi) is 5.93. The Morgan fingerprint density at radius 3 is 2.06 bits per heavy atom. The molecule has 2 atom stereocenters. The van der Waals surface area contributed by atoms with Crippen LogP contribution in [0.4, 0.5) is 11.4 Å². The molecule has 2 aliphatic heterocycles. The summed E-state index contributed by atoms with van der Waals surface area (Å²) in [6.07, 6.45) is 0. The predicted molar refractivity (Wildman–Crippen MR) is 126 cm³/mol. The summed E-state index contributed by atoms with van der Waals surface area (Å²) in [6.45, 7) is 1.54. The predicted octanol–water partition coefficient (Wildman–Crippen LogP) is 2.63. The van der Waals surface area contributed by atoms with Crippen molar-refractivity contribution in [2.45, 2.75) is 6.92 Å². The summed E-state index contributed by atoms with van der Waals surface area (Å²) < 4.78 is 9.87. The van der Waals surface area contributed by atoms with Gasteiger partial charge in [0, 0.05) is 5.69 Å². The second-order valence-electron chi connectivity index (χ2n) is 7.81. The van der Waals surface area contributed by atoms with Crippen LogP contribution in [0.15, 0.2) is 77.0 Å². The molecule has 2 aromatic carbocycles. The van der Waals surface area contributed by atoms with Crippen molar-refractivity contribution in [3.63, 3.8) is 0 Å². The number of methoxy groups -OCH3 is 2. The normalized spacial score (nSPS) is 21.7. The molecule has 2 aliphatic rings. The number of para-hydroxylation sites is 2. The third kappa shape index (κ3) is 3.36. The van der Waals surface area contributed by atoms with Crippen LogP contribution in [0, 0.1) is 28.1 Å². The standard InChI is InChI=1S/C25H21N5O5/c1-15-18(21(31)30(28-15)17-12-8-5-9-13-17)25(14-26)19(22(32)34-2)20(23(33)35-3)29(24(25)27)16-10-6-4-7-11-16/h4-13,18,27H,1-3H3. The molecule has 0 radical (unpaired) electrons. The highest BCUT2D eigenvalue weighted by atomic mass is 16.5. The van der Waals surface area contributed by atoms with Crippen molar-refractivity contribution < 1.29 is 23.9 Å². The molecule has 0 saturated heterocycles. The van der Waals surface area contributed by atoms with Gasteiger partial charge >= 0.3 is 11.9 Å². The lowest BCUT2D eigenvalue weighted by Gasteiger charge is -2.30. The second kappa shape index (κ2) is 8.87. The van der Waals surface area contributed by atoms with Crippen molar-refractivity contribution in [2.75, 3.05) is 24.1 Å². The maximum Gasteiger partial charge on any atom is 0.355 e. The van der Waals surface area contributed by atoms with Gasteiger partial charge < -0.3 is 9.47 Å². The Morgan fingerprint density at radius 2 is 1.54 bits per heavy atom. The highest BCUT2D eigenvalue weighted by Gasteiger charge is 2.65. The second-order valence-corrected chi connectivity index (χ2v) is 7.81. The number of hydrazone groups is 1. The zero-order chi connectivity index (χ0) is 25.3. The summed E-state index contributed by atoms with van der Waals surface area (Å²) in [6, 6.07) is 18.9. The van der Waals surface area contributed by atoms with E-state index in [0.29, 0.717) is 11.4 Å². The topological polar surface area (TPSA) is 136 Å². The highest BCUT2D eigenvalue weighted by Crippen LogP contribution is 2.50. The summed E-state index contributed by atoms with van der Waals surface area (Å²) in [4.78, 5) is 41.0. The van der Waals surface area contributed by atoms with Gasteiger partial charge in [-0.15, -0.1) is 0 Å². The number of esters is 2. The first kappa shape index (κ1) is 23.4. The van der Waals surface area contributed by atoms with Gasteiger partial charge in [-0.25, -0.2) is 14.6 Å². The van der Waals surface area contributed by atoms with Gasteiger partial charge in [-0.1, -0.05) is 36.4 Å². The number of anilines is 2. The fourth-order valence-corrected chi connectivity index (χ4v) is 4.46. The first-order valence-electron chi connectivity index (χ1n) is 10.5. The van der Waals surface area contributed by atoms with E-state index in [0.717, 1.165) is 24.1 Å². The Morgan fingerprint density at radius 1 is 1.00 bits per heavy atom. The Labute approximate surface area is 201 Å². The van der Waals surface area contributed by atoms with Gasteiger partial charge in [0.25, 0.3) is 5.91 Å². The third-order valence-electron chi connectivity index (χ3n) is 5.98. The highest BCUT2D eigenvalue weighted by molar-refractivity contribution is 6.28. The van der Waals surface area contributed by atoms with E-state index in [-0.39, 0.29) is 11.4 Å². The van der Waals surface area contributed by atoms with Crippen molar-refractivity contribution in [3.05, 3.63) is 71.9 Å². The number of carbonyl (C=O) groups is 3. The van der Waals surface area contributed by atoms with Crippen LogP contribution in [0.5, 0.6) is 0 Å². The quantitative estimate of drug-likeness (QED) is 0.662. The largest absolute Gasteiger partial charge is 0.466 e. The number of nitrogens with one attached hydrogen (secondary N) is 1. The lowest BCUT2D eigenvalue weighted by atomic mass is 9.68. The minimum absolute atomic E-state index is 0.200. The Hall–Kier alpha value is -4.78. The molecule has 2 heterocycles. The number of ether oxygens (including phenoxy) is 2. The summed E-state index contributed by atoms with van der Waals surface area (Å²) in [5.74, 6) is -4.46. The number of benzene rings is 2. The van der Waals surface area contributed by atoms with Crippen molar-refractivity contribution in [1.82, 2.24) is 0 Å². The van der Waals surface area contributed by atoms with Crippen molar-refractivity contribution in [3.8, 4) is 6.07 Å². The number of hydrogen-bond acceptors (Lipinski definition) is 8. The van der Waals surface area contributed by atoms with Crippen molar-refractivity contribution >= 4 is 40.8 Å². The summed E-state index contributed by atoms with van der Waals surface area (Å²) in [5, 5.41) is 25.1. The molecule has 1 N–H and O–H groups in total. The van der Waals surface area contributed by atoms with Crippen LogP contribution in [0.25, 0.3) is 0 Å². The molecule has 176 valence electrons. The van der Waals surface area contributed by atoms with Crippen LogP contribution in [0.1, 0.15) is 6.92 Å². The van der Waals surface area contributed by atoms with Gasteiger partial charge in [0.15, 0.2) is 5.41 Å². The number of amides is 1. The first-order chi connectivity index (χ1) is 16.8. The minimum atomic E-state index is -2.21. The summed E-state index contributed by atoms with van der Waals surface area (Å²) >= 11 is 0. The average Bonchev–Trinajstić information content (AvgIpc) is 3.34. The summed E-state index contributed by atoms with van der Waals surface area (Å²) in [7, 11) is 2.21. The SMILES string of the molecule is COC(=O)C1=C(C(=O)OC)C(C#N)(C2C(=O)N(c3ccccc3)N=C2C)C(=N)N1c1ccccc1. The number of nitrogens with zero attached hydrogens (tertiary/aromatic N) is 4. The lowest BCUT2D eigenvalue weighted by Crippen LogP contribution is -2.48. The minimum Gasteiger partial charge on any atom is -0.466 e. The zero-order valence-corrected chi connectivity index (χ0v) is 19.2. The number of amidine groups is 1. The average molecular weight is 471 g/mol. The molecule has 0 saturated carbocycles. The van der Waals surface area contributed by atoms with Gasteiger partial charge in [0.2, 0.25) is 0 Å². The first-order valence-corrected chi connectivity index (χ1v) is 10.5. The van der Waals surface area contributed by atoms with Crippen LogP contribution in [-0.4, -0.2) is 43.6 Å². The van der Waals surface area contributed by atoms with E-state index >= 15 is 0 Å². The molecule has 35 heavy (non-hydrogen) atoms. The molecule has 2 aromatic rings. The Balaban J connectivity index is 1.99. The van der Waals surface area contributed by atoms with Gasteiger partial charge in [0.05, 0.1) is 37.3 Å². The number of hydrogen-bond donors (Lipinski definition) is 1. The molecule has 4 rings (SSSR count). The van der Waals surface area contributed by atoms with E-state index in [4.69, 9.17) is 14.9 Å². The molecule has 2 unspecified atom stereocenters. The lowest BCUT2D eigenvalue weighted by molar-refractivity contribution is -0.139. The van der Waals surface area contributed by atoms with E-state index in [9.17, 15) is 19.6 Å². The maximum absolute atomic E-state index is 13.7. The van der Waals surface area contributed by atoms with E-state index < -0.39 is 40.6 Å². The van der Waals surface area contributed by atoms with E-state index in [1.165, 1.54) is 6.92 Å². The van der Waals surface area contributed by atoms with Crippen molar-refractivity contribution in [1.29, 1.82) is 10.7 Å². The molecule has 1 amide bonds. The van der Waals surface area contributed by atoms with Crippen LogP contribution < -0.4 is 9.91 Å². The smallest absolute Gasteiger partial charge is 0.355 e. The van der Waals surface area contributed by atoms with E-state index in [1.807, 2.05) is 6.07 Å². The van der Waals surface area contributed by atoms with Gasteiger partial charge in [0.1, 0.15) is 17.5 Å². The van der Waals surface area contributed by atoms with Crippen molar-refractivity contribution in [2.24, 2.45) is 16.4 Å². The number of nitriles is 1. The number of carbonyl (C=O) groups excluding carboxylic acids is 3. The van der Waals surface area contributed by atoms with Crippen LogP contribution in [0.2, 0.25) is 0 Å². The molecule has 0 bridgehead atoms.